The molecule has 1 heterocycles. The Kier molecular flexibility index (Phi) is 2.80. The van der Waals surface area contributed by atoms with E-state index in [4.69, 9.17) is 5.84 Å². The molecule has 0 bridgehead atoms. The average Bonchev–Trinajstić information content (AvgIpc) is 3.02. The van der Waals surface area contributed by atoms with Crippen molar-refractivity contribution in [2.75, 3.05) is 10.7 Å². The Labute approximate surface area is 98.3 Å². The minimum atomic E-state index is -4.52. The third kappa shape index (κ3) is 2.05. The summed E-state index contributed by atoms with van der Waals surface area (Å²) >= 11 is 0. The van der Waals surface area contributed by atoms with Crippen molar-refractivity contribution in [2.24, 2.45) is 5.84 Å². The summed E-state index contributed by atoms with van der Waals surface area (Å²) in [5.74, 6) is 1.41. The zero-order valence-corrected chi connectivity index (χ0v) is 8.91. The molecule has 0 saturated heterocycles. The molecule has 1 fully saturated rings. The van der Waals surface area contributed by atoms with Gasteiger partial charge in [-0.25, -0.2) is 19.6 Å². The highest BCUT2D eigenvalue weighted by atomic mass is 19.4. The van der Waals surface area contributed by atoms with Gasteiger partial charge in [0.1, 0.15) is 5.54 Å². The number of nitrogens with two attached hydrogens (primary N) is 1. The highest BCUT2D eigenvalue weighted by Gasteiger charge is 2.64. The highest BCUT2D eigenvalue weighted by Crippen LogP contribution is 2.51. The van der Waals surface area contributed by atoms with Gasteiger partial charge < -0.3 is 10.7 Å². The molecular weight excluding hydrogens is 259 g/mol. The highest BCUT2D eigenvalue weighted by molar-refractivity contribution is 5.50. The fourth-order valence-electron chi connectivity index (χ4n) is 1.49. The van der Waals surface area contributed by atoms with E-state index in [2.05, 4.69) is 4.98 Å². The Morgan fingerprint density at radius 2 is 1.72 bits per heavy atom. The number of nitrogen functional groups attached to an aromatic ring is 1. The third-order valence-corrected chi connectivity index (χ3v) is 2.72. The van der Waals surface area contributed by atoms with Gasteiger partial charge in [0, 0.05) is 6.07 Å². The van der Waals surface area contributed by atoms with Crippen LogP contribution in [-0.2, 0) is 0 Å². The molecule has 1 aromatic heterocycles. The number of rotatable bonds is 3. The predicted octanol–water partition coefficient (Wildman–Crippen LogP) is 2.15. The van der Waals surface area contributed by atoms with Crippen molar-refractivity contribution in [3.63, 3.8) is 0 Å². The predicted molar refractivity (Wildman–Crippen MR) is 53.6 cm³/mol. The second kappa shape index (κ2) is 3.94. The molecule has 18 heavy (non-hydrogen) atoms. The summed E-state index contributed by atoms with van der Waals surface area (Å²) in [5, 5.41) is 1.97. The second-order valence-corrected chi connectivity index (χ2v) is 4.00. The average molecular weight is 268 g/mol. The molecule has 1 saturated carbocycles. The van der Waals surface area contributed by atoms with Crippen LogP contribution in [0.4, 0.5) is 33.6 Å². The van der Waals surface area contributed by atoms with Gasteiger partial charge in [-0.2, -0.15) is 13.2 Å². The summed E-state index contributed by atoms with van der Waals surface area (Å²) in [4.78, 5) is 3.33. The van der Waals surface area contributed by atoms with Gasteiger partial charge >= 0.3 is 6.18 Å². The summed E-state index contributed by atoms with van der Waals surface area (Å²) in [6.45, 7) is 0. The first-order valence-electron chi connectivity index (χ1n) is 4.97. The normalized spacial score (nSPS) is 17.4. The van der Waals surface area contributed by atoms with Gasteiger partial charge in [-0.1, -0.05) is 0 Å². The Morgan fingerprint density at radius 3 is 2.17 bits per heavy atom. The minimum Gasteiger partial charge on any atom is -0.354 e. The van der Waals surface area contributed by atoms with Crippen molar-refractivity contribution in [2.45, 2.75) is 24.6 Å². The third-order valence-electron chi connectivity index (χ3n) is 2.72. The number of nitrogens with zero attached hydrogens (tertiary/aromatic N) is 1. The molecule has 2 rings (SSSR count). The fraction of sp³-hybridized carbons (Fsp3) is 0.444. The maximum absolute atomic E-state index is 13.3. The lowest BCUT2D eigenvalue weighted by Gasteiger charge is -2.21. The fourth-order valence-corrected chi connectivity index (χ4v) is 1.49. The minimum absolute atomic E-state index is 0.180. The van der Waals surface area contributed by atoms with Crippen LogP contribution in [-0.4, -0.2) is 16.7 Å². The van der Waals surface area contributed by atoms with Crippen molar-refractivity contribution in [1.29, 1.82) is 0 Å². The van der Waals surface area contributed by atoms with E-state index < -0.39 is 35.0 Å². The first-order chi connectivity index (χ1) is 8.29. The SMILES string of the molecule is NNc1nc(NC2(C(F)(F)F)CC2)c(F)cc1F. The number of nitrogens with one attached hydrogen (secondary N) is 2. The lowest BCUT2D eigenvalue weighted by Crippen LogP contribution is -2.39. The van der Waals surface area contributed by atoms with Crippen molar-refractivity contribution < 1.29 is 22.0 Å². The van der Waals surface area contributed by atoms with Crippen LogP contribution in [0.5, 0.6) is 0 Å². The monoisotopic (exact) mass is 268 g/mol. The number of hydrogen-bond donors (Lipinski definition) is 3. The number of hydrazine groups is 1. The Balaban J connectivity index is 2.30. The maximum Gasteiger partial charge on any atom is 0.411 e. The first kappa shape index (κ1) is 12.8. The van der Waals surface area contributed by atoms with E-state index in [0.717, 1.165) is 0 Å². The standard InChI is InChI=1S/C9H9F5N4/c10-4-3-5(11)7(18-15)16-6(4)17-8(1-2-8)9(12,13)14/h3H,1-2,15H2,(H2,16,17,18). The van der Waals surface area contributed by atoms with Gasteiger partial charge in [-0.05, 0) is 12.8 Å². The topological polar surface area (TPSA) is 63.0 Å². The summed E-state index contributed by atoms with van der Waals surface area (Å²) in [5.41, 5.74) is -0.342. The molecule has 0 atom stereocenters. The molecule has 1 aliphatic rings. The molecule has 9 heteroatoms. The van der Waals surface area contributed by atoms with Gasteiger partial charge in [0.15, 0.2) is 23.3 Å². The molecule has 0 aromatic carbocycles. The van der Waals surface area contributed by atoms with Crippen LogP contribution in [0, 0.1) is 11.6 Å². The zero-order chi connectivity index (χ0) is 13.6. The quantitative estimate of drug-likeness (QED) is 0.446. The van der Waals surface area contributed by atoms with Crippen molar-refractivity contribution in [3.05, 3.63) is 17.7 Å². The number of halogens is 5. The van der Waals surface area contributed by atoms with E-state index in [1.165, 1.54) is 0 Å². The van der Waals surface area contributed by atoms with Crippen LogP contribution >= 0.6 is 0 Å². The molecule has 1 aromatic rings. The van der Waals surface area contributed by atoms with Crippen molar-refractivity contribution >= 4 is 11.6 Å². The second-order valence-electron chi connectivity index (χ2n) is 4.00. The Morgan fingerprint density at radius 1 is 1.17 bits per heavy atom. The number of alkyl halides is 3. The lowest BCUT2D eigenvalue weighted by atomic mass is 10.2. The lowest BCUT2D eigenvalue weighted by molar-refractivity contribution is -0.151. The van der Waals surface area contributed by atoms with E-state index in [-0.39, 0.29) is 12.8 Å². The number of pyridine rings is 1. The molecular formula is C9H9F5N4. The molecule has 0 aliphatic heterocycles. The van der Waals surface area contributed by atoms with Gasteiger partial charge in [0.2, 0.25) is 0 Å². The summed E-state index contributed by atoms with van der Waals surface area (Å²) < 4.78 is 64.3. The van der Waals surface area contributed by atoms with E-state index in [9.17, 15) is 22.0 Å². The summed E-state index contributed by atoms with van der Waals surface area (Å²) in [6.07, 6.45) is -4.88. The number of aromatic nitrogens is 1. The molecule has 4 N–H and O–H groups in total. The molecule has 0 amide bonds. The van der Waals surface area contributed by atoms with Gasteiger partial charge in [0.05, 0.1) is 0 Å². The van der Waals surface area contributed by atoms with Crippen molar-refractivity contribution in [1.82, 2.24) is 4.98 Å². The number of hydrogen-bond acceptors (Lipinski definition) is 4. The van der Waals surface area contributed by atoms with Crippen molar-refractivity contribution in [3.8, 4) is 0 Å². The first-order valence-corrected chi connectivity index (χ1v) is 4.97. The van der Waals surface area contributed by atoms with E-state index >= 15 is 0 Å². The maximum atomic E-state index is 13.3. The molecule has 0 radical (unpaired) electrons. The van der Waals surface area contributed by atoms with E-state index in [0.29, 0.717) is 6.07 Å². The van der Waals surface area contributed by atoms with Gasteiger partial charge in [-0.15, -0.1) is 0 Å². The largest absolute Gasteiger partial charge is 0.411 e. The van der Waals surface area contributed by atoms with Crippen LogP contribution in [0.1, 0.15) is 12.8 Å². The number of anilines is 2. The summed E-state index contributed by atoms with van der Waals surface area (Å²) in [6, 6.07) is 0.414. The summed E-state index contributed by atoms with van der Waals surface area (Å²) in [7, 11) is 0. The van der Waals surface area contributed by atoms with Gasteiger partial charge in [-0.3, -0.25) is 0 Å². The van der Waals surface area contributed by atoms with Crippen LogP contribution in [0.25, 0.3) is 0 Å². The molecule has 0 spiro atoms. The van der Waals surface area contributed by atoms with Crippen LogP contribution in [0.2, 0.25) is 0 Å². The smallest absolute Gasteiger partial charge is 0.354 e. The van der Waals surface area contributed by atoms with Crippen LogP contribution in [0.3, 0.4) is 0 Å². The Bertz CT molecular complexity index is 469. The molecule has 1 aliphatic carbocycles. The van der Waals surface area contributed by atoms with Crippen LogP contribution < -0.4 is 16.6 Å². The van der Waals surface area contributed by atoms with E-state index in [1.54, 1.807) is 0 Å². The zero-order valence-electron chi connectivity index (χ0n) is 8.91. The van der Waals surface area contributed by atoms with Gasteiger partial charge in [0.25, 0.3) is 0 Å². The van der Waals surface area contributed by atoms with Crippen LogP contribution in [0.15, 0.2) is 6.07 Å². The molecule has 100 valence electrons. The molecule has 4 nitrogen and oxygen atoms in total. The van der Waals surface area contributed by atoms with E-state index in [1.807, 2.05) is 10.7 Å². The Hall–Kier alpha value is -1.64. The molecule has 0 unspecified atom stereocenters.